The van der Waals surface area contributed by atoms with Gasteiger partial charge in [0.25, 0.3) is 0 Å². The molecule has 1 aromatic heterocycles. The smallest absolute Gasteiger partial charge is 0.128 e. The van der Waals surface area contributed by atoms with E-state index in [2.05, 4.69) is 10.3 Å². The van der Waals surface area contributed by atoms with Crippen molar-refractivity contribution in [2.45, 2.75) is 19.9 Å². The number of imidazole rings is 1. The molecule has 2 aromatic rings. The molecule has 0 saturated carbocycles. The number of benzene rings is 1. The summed E-state index contributed by atoms with van der Waals surface area (Å²) in [4.78, 5) is 3.97. The normalized spacial score (nSPS) is 10.5. The Morgan fingerprint density at radius 3 is 3.00 bits per heavy atom. The van der Waals surface area contributed by atoms with Crippen molar-refractivity contribution in [1.82, 2.24) is 9.55 Å². The fraction of sp³-hybridized carbons (Fsp3) is 0.308. The van der Waals surface area contributed by atoms with Crippen molar-refractivity contribution in [3.8, 4) is 0 Å². The minimum absolute atomic E-state index is 0.162. The third kappa shape index (κ3) is 3.31. The van der Waals surface area contributed by atoms with Crippen LogP contribution >= 0.6 is 0 Å². The Balaban J connectivity index is 1.76. The van der Waals surface area contributed by atoms with Gasteiger partial charge in [0, 0.05) is 31.2 Å². The molecule has 17 heavy (non-hydrogen) atoms. The molecule has 0 aliphatic heterocycles. The first-order valence-corrected chi connectivity index (χ1v) is 5.71. The molecule has 0 unspecified atom stereocenters. The maximum Gasteiger partial charge on any atom is 0.128 e. The summed E-state index contributed by atoms with van der Waals surface area (Å²) >= 11 is 0. The quantitative estimate of drug-likeness (QED) is 0.805. The molecule has 0 spiro atoms. The van der Waals surface area contributed by atoms with Crippen LogP contribution in [-0.4, -0.2) is 16.1 Å². The molecule has 0 aliphatic rings. The summed E-state index contributed by atoms with van der Waals surface area (Å²) in [6.07, 6.45) is 6.48. The number of hydrogen-bond acceptors (Lipinski definition) is 2. The van der Waals surface area contributed by atoms with Crippen molar-refractivity contribution in [2.24, 2.45) is 0 Å². The second-order valence-corrected chi connectivity index (χ2v) is 4.04. The SMILES string of the molecule is Cc1ccc(NCCCn2ccnc2)cc1F. The maximum absolute atomic E-state index is 13.3. The molecule has 1 heterocycles. The van der Waals surface area contributed by atoms with Crippen LogP contribution < -0.4 is 5.32 Å². The number of aromatic nitrogens is 2. The molecule has 0 amide bonds. The van der Waals surface area contributed by atoms with E-state index in [1.165, 1.54) is 6.07 Å². The number of anilines is 1. The van der Waals surface area contributed by atoms with Gasteiger partial charge in [-0.15, -0.1) is 0 Å². The van der Waals surface area contributed by atoms with Gasteiger partial charge in [0.05, 0.1) is 6.33 Å². The Labute approximate surface area is 100 Å². The van der Waals surface area contributed by atoms with E-state index in [1.807, 2.05) is 16.8 Å². The maximum atomic E-state index is 13.3. The van der Waals surface area contributed by atoms with Gasteiger partial charge in [0.2, 0.25) is 0 Å². The first-order chi connectivity index (χ1) is 8.25. The van der Waals surface area contributed by atoms with E-state index in [9.17, 15) is 4.39 Å². The van der Waals surface area contributed by atoms with Crippen LogP contribution in [0, 0.1) is 12.7 Å². The van der Waals surface area contributed by atoms with E-state index in [-0.39, 0.29) is 5.82 Å². The van der Waals surface area contributed by atoms with Gasteiger partial charge in [-0.05, 0) is 31.0 Å². The van der Waals surface area contributed by atoms with E-state index >= 15 is 0 Å². The van der Waals surface area contributed by atoms with E-state index < -0.39 is 0 Å². The summed E-state index contributed by atoms with van der Waals surface area (Å²) in [5.41, 5.74) is 1.51. The zero-order valence-corrected chi connectivity index (χ0v) is 9.86. The van der Waals surface area contributed by atoms with E-state index in [0.29, 0.717) is 5.56 Å². The first-order valence-electron chi connectivity index (χ1n) is 5.71. The molecule has 0 bridgehead atoms. The Morgan fingerprint density at radius 1 is 1.41 bits per heavy atom. The summed E-state index contributed by atoms with van der Waals surface area (Å²) in [6.45, 7) is 3.50. The highest BCUT2D eigenvalue weighted by Crippen LogP contribution is 2.13. The molecule has 3 nitrogen and oxygen atoms in total. The average Bonchev–Trinajstić information content (AvgIpc) is 2.82. The Hall–Kier alpha value is -1.84. The van der Waals surface area contributed by atoms with Gasteiger partial charge >= 0.3 is 0 Å². The molecule has 0 aliphatic carbocycles. The van der Waals surface area contributed by atoms with Crippen molar-refractivity contribution in [1.29, 1.82) is 0 Å². The zero-order valence-electron chi connectivity index (χ0n) is 9.86. The van der Waals surface area contributed by atoms with Gasteiger partial charge < -0.3 is 9.88 Å². The first kappa shape index (κ1) is 11.6. The molecular weight excluding hydrogens is 217 g/mol. The van der Waals surface area contributed by atoms with Crippen LogP contribution in [0.5, 0.6) is 0 Å². The number of rotatable bonds is 5. The third-order valence-corrected chi connectivity index (χ3v) is 2.65. The lowest BCUT2D eigenvalue weighted by atomic mass is 10.2. The standard InChI is InChI=1S/C13H16FN3/c1-11-3-4-12(9-13(11)14)16-5-2-7-17-8-6-15-10-17/h3-4,6,8-10,16H,2,5,7H2,1H3. The molecular formula is C13H16FN3. The van der Waals surface area contributed by atoms with Crippen LogP contribution in [0.1, 0.15) is 12.0 Å². The van der Waals surface area contributed by atoms with Crippen LogP contribution in [0.4, 0.5) is 10.1 Å². The lowest BCUT2D eigenvalue weighted by Gasteiger charge is -2.07. The van der Waals surface area contributed by atoms with Crippen LogP contribution in [0.15, 0.2) is 36.9 Å². The molecule has 90 valence electrons. The summed E-state index contributed by atoms with van der Waals surface area (Å²) in [7, 11) is 0. The van der Waals surface area contributed by atoms with Gasteiger partial charge in [0.15, 0.2) is 0 Å². The zero-order chi connectivity index (χ0) is 12.1. The van der Waals surface area contributed by atoms with Crippen molar-refractivity contribution >= 4 is 5.69 Å². The van der Waals surface area contributed by atoms with Gasteiger partial charge in [0.1, 0.15) is 5.82 Å². The van der Waals surface area contributed by atoms with Gasteiger partial charge in [-0.1, -0.05) is 6.07 Å². The highest BCUT2D eigenvalue weighted by molar-refractivity contribution is 5.44. The summed E-state index contributed by atoms with van der Waals surface area (Å²) in [5, 5.41) is 3.20. The number of nitrogens with one attached hydrogen (secondary N) is 1. The minimum atomic E-state index is -0.162. The van der Waals surface area contributed by atoms with Gasteiger partial charge in [-0.25, -0.2) is 9.37 Å². The molecule has 1 N–H and O–H groups in total. The molecule has 2 rings (SSSR count). The predicted molar refractivity (Wildman–Crippen MR) is 66.5 cm³/mol. The second-order valence-electron chi connectivity index (χ2n) is 4.04. The highest BCUT2D eigenvalue weighted by atomic mass is 19.1. The second kappa shape index (κ2) is 5.48. The van der Waals surface area contributed by atoms with Crippen LogP contribution in [-0.2, 0) is 6.54 Å². The van der Waals surface area contributed by atoms with E-state index in [0.717, 1.165) is 25.2 Å². The lowest BCUT2D eigenvalue weighted by molar-refractivity contribution is 0.618. The van der Waals surface area contributed by atoms with Crippen molar-refractivity contribution in [2.75, 3.05) is 11.9 Å². The Kier molecular flexibility index (Phi) is 3.75. The van der Waals surface area contributed by atoms with Gasteiger partial charge in [-0.3, -0.25) is 0 Å². The number of aryl methyl sites for hydroxylation is 2. The van der Waals surface area contributed by atoms with Crippen molar-refractivity contribution in [3.05, 3.63) is 48.3 Å². The largest absolute Gasteiger partial charge is 0.385 e. The predicted octanol–water partition coefficient (Wildman–Crippen LogP) is 2.83. The summed E-state index contributed by atoms with van der Waals surface area (Å²) in [6, 6.07) is 5.22. The fourth-order valence-corrected chi connectivity index (χ4v) is 1.62. The van der Waals surface area contributed by atoms with Gasteiger partial charge in [-0.2, -0.15) is 0 Å². The highest BCUT2D eigenvalue weighted by Gasteiger charge is 1.98. The van der Waals surface area contributed by atoms with E-state index in [4.69, 9.17) is 0 Å². The van der Waals surface area contributed by atoms with Crippen molar-refractivity contribution < 1.29 is 4.39 Å². The molecule has 0 atom stereocenters. The average molecular weight is 233 g/mol. The summed E-state index contributed by atoms with van der Waals surface area (Å²) < 4.78 is 15.3. The number of nitrogens with zero attached hydrogens (tertiary/aromatic N) is 2. The molecule has 0 fully saturated rings. The van der Waals surface area contributed by atoms with Crippen LogP contribution in [0.2, 0.25) is 0 Å². The number of halogens is 1. The Morgan fingerprint density at radius 2 is 2.29 bits per heavy atom. The number of hydrogen-bond donors (Lipinski definition) is 1. The van der Waals surface area contributed by atoms with E-state index in [1.54, 1.807) is 25.5 Å². The molecule has 4 heteroatoms. The monoisotopic (exact) mass is 233 g/mol. The minimum Gasteiger partial charge on any atom is -0.385 e. The molecule has 1 aromatic carbocycles. The topological polar surface area (TPSA) is 29.9 Å². The van der Waals surface area contributed by atoms with Crippen molar-refractivity contribution in [3.63, 3.8) is 0 Å². The van der Waals surface area contributed by atoms with Crippen LogP contribution in [0.25, 0.3) is 0 Å². The molecule has 0 radical (unpaired) electrons. The third-order valence-electron chi connectivity index (χ3n) is 2.65. The lowest BCUT2D eigenvalue weighted by Crippen LogP contribution is -2.06. The fourth-order valence-electron chi connectivity index (χ4n) is 1.62. The Bertz CT molecular complexity index is 466. The molecule has 0 saturated heterocycles. The van der Waals surface area contributed by atoms with Crippen LogP contribution in [0.3, 0.4) is 0 Å². The summed E-state index contributed by atoms with van der Waals surface area (Å²) in [5.74, 6) is -0.162.